The van der Waals surface area contributed by atoms with Gasteiger partial charge in [0.2, 0.25) is 5.78 Å². The van der Waals surface area contributed by atoms with Gasteiger partial charge in [-0.1, -0.05) is 18.7 Å². The quantitative estimate of drug-likeness (QED) is 0.306. The molecule has 5 atom stereocenters. The van der Waals surface area contributed by atoms with E-state index >= 15 is 0 Å². The molecule has 0 bridgehead atoms. The Bertz CT molecular complexity index is 1240. The van der Waals surface area contributed by atoms with Crippen molar-refractivity contribution in [3.05, 3.63) is 52.8 Å². The third-order valence-electron chi connectivity index (χ3n) is 7.15. The maximum Gasteiger partial charge on any atom is 0.255 e. The molecular weight excluding hydrogens is 444 g/mol. The predicted octanol–water partition coefficient (Wildman–Crippen LogP) is 0.250. The summed E-state index contributed by atoms with van der Waals surface area (Å²) in [5.74, 6) is -9.02. The van der Waals surface area contributed by atoms with Crippen LogP contribution >= 0.6 is 0 Å². The van der Waals surface area contributed by atoms with Crippen molar-refractivity contribution in [2.45, 2.75) is 18.1 Å². The zero-order chi connectivity index (χ0) is 25.3. The Hall–Kier alpha value is -3.76. The molecule has 0 unspecified atom stereocenters. The first kappa shape index (κ1) is 23.4. The lowest BCUT2D eigenvalue weighted by atomic mass is 9.51. The summed E-state index contributed by atoms with van der Waals surface area (Å²) in [6.07, 6.45) is 0.272. The highest BCUT2D eigenvalue weighted by atomic mass is 16.3. The van der Waals surface area contributed by atoms with Crippen LogP contribution in [0.15, 0.2) is 41.7 Å². The molecule has 0 heterocycles. The Morgan fingerprint density at radius 1 is 1.24 bits per heavy atom. The van der Waals surface area contributed by atoms with Gasteiger partial charge in [0.25, 0.3) is 5.91 Å². The van der Waals surface area contributed by atoms with E-state index in [1.165, 1.54) is 31.1 Å². The van der Waals surface area contributed by atoms with Gasteiger partial charge in [-0.3, -0.25) is 19.3 Å². The first-order valence-electron chi connectivity index (χ1n) is 10.5. The Morgan fingerprint density at radius 2 is 1.88 bits per heavy atom. The van der Waals surface area contributed by atoms with Gasteiger partial charge in [-0.25, -0.2) is 0 Å². The van der Waals surface area contributed by atoms with Crippen LogP contribution < -0.4 is 5.73 Å². The van der Waals surface area contributed by atoms with E-state index in [-0.39, 0.29) is 28.9 Å². The monoisotopic (exact) mass is 468 g/mol. The number of aldehydes is 1. The zero-order valence-electron chi connectivity index (χ0n) is 18.5. The number of nitrogens with two attached hydrogens (primary N) is 1. The Morgan fingerprint density at radius 3 is 2.44 bits per heavy atom. The molecule has 10 nitrogen and oxygen atoms in total. The molecule has 1 amide bonds. The van der Waals surface area contributed by atoms with E-state index in [1.54, 1.807) is 6.07 Å². The van der Waals surface area contributed by atoms with Crippen molar-refractivity contribution in [2.24, 2.45) is 23.5 Å². The van der Waals surface area contributed by atoms with Gasteiger partial charge in [0, 0.05) is 23.8 Å². The van der Waals surface area contributed by atoms with Gasteiger partial charge in [-0.15, -0.1) is 0 Å². The highest BCUT2D eigenvalue weighted by molar-refractivity contribution is 6.25. The summed E-state index contributed by atoms with van der Waals surface area (Å²) in [7, 11) is 2.97. The molecule has 1 saturated carbocycles. The topological polar surface area (TPSA) is 178 Å². The average molecular weight is 468 g/mol. The lowest BCUT2D eigenvalue weighted by molar-refractivity contribution is -0.159. The van der Waals surface area contributed by atoms with Crippen LogP contribution in [-0.4, -0.2) is 74.8 Å². The number of Topliss-reactive ketones (excluding diaryl/α,β-unsaturated/α-hetero) is 2. The number of hydrogen-bond acceptors (Lipinski definition) is 9. The molecule has 3 aliphatic rings. The molecule has 0 aliphatic heterocycles. The van der Waals surface area contributed by atoms with E-state index in [4.69, 9.17) is 5.73 Å². The van der Waals surface area contributed by atoms with Crippen LogP contribution in [0.2, 0.25) is 0 Å². The smallest absolute Gasteiger partial charge is 0.255 e. The number of hydrogen-bond donors (Lipinski definition) is 5. The molecule has 0 saturated heterocycles. The van der Waals surface area contributed by atoms with Crippen molar-refractivity contribution in [1.29, 1.82) is 0 Å². The van der Waals surface area contributed by atoms with E-state index < -0.39 is 64.0 Å². The molecule has 6 N–H and O–H groups in total. The number of allylic oxidation sites excluding steroid dienone is 1. The lowest BCUT2D eigenvalue weighted by Gasteiger charge is -2.54. The van der Waals surface area contributed by atoms with Crippen molar-refractivity contribution in [2.75, 3.05) is 14.1 Å². The van der Waals surface area contributed by atoms with Crippen molar-refractivity contribution in [3.8, 4) is 5.75 Å². The molecule has 3 aliphatic carbocycles. The fourth-order valence-corrected chi connectivity index (χ4v) is 5.81. The fourth-order valence-electron chi connectivity index (χ4n) is 5.81. The van der Waals surface area contributed by atoms with Crippen LogP contribution in [0.25, 0.3) is 11.3 Å². The van der Waals surface area contributed by atoms with Gasteiger partial charge in [-0.2, -0.15) is 0 Å². The van der Waals surface area contributed by atoms with Crippen molar-refractivity contribution in [1.82, 2.24) is 4.90 Å². The van der Waals surface area contributed by atoms with Crippen LogP contribution in [0.5, 0.6) is 5.75 Å². The third kappa shape index (κ3) is 2.75. The fraction of sp³-hybridized carbons (Fsp3) is 0.333. The summed E-state index contributed by atoms with van der Waals surface area (Å²) in [5, 5.41) is 44.1. The highest BCUT2D eigenvalue weighted by Crippen LogP contribution is 2.58. The van der Waals surface area contributed by atoms with E-state index in [0.717, 1.165) is 0 Å². The van der Waals surface area contributed by atoms with Gasteiger partial charge in [-0.05, 0) is 37.2 Å². The van der Waals surface area contributed by atoms with Gasteiger partial charge < -0.3 is 31.0 Å². The Labute approximate surface area is 194 Å². The number of nitrogens with zero attached hydrogens (tertiary/aromatic N) is 1. The van der Waals surface area contributed by atoms with E-state index in [2.05, 4.69) is 6.58 Å². The number of ketones is 2. The molecule has 0 aromatic heterocycles. The third-order valence-corrected chi connectivity index (χ3v) is 7.15. The number of phenolic OH excluding ortho intramolecular Hbond substituents is 1. The van der Waals surface area contributed by atoms with E-state index in [1.807, 2.05) is 0 Å². The van der Waals surface area contributed by atoms with Crippen molar-refractivity contribution < 1.29 is 39.6 Å². The molecular formula is C24H24N2O8. The number of phenols is 1. The zero-order valence-corrected chi connectivity index (χ0v) is 18.5. The van der Waals surface area contributed by atoms with Crippen molar-refractivity contribution in [3.63, 3.8) is 0 Å². The van der Waals surface area contributed by atoms with Gasteiger partial charge in [0.1, 0.15) is 29.1 Å². The molecule has 1 aromatic rings. The number of fused-ring (bicyclic) bond motifs is 3. The van der Waals surface area contributed by atoms with Crippen LogP contribution in [0.1, 0.15) is 17.5 Å². The number of primary amides is 1. The van der Waals surface area contributed by atoms with Crippen LogP contribution in [0, 0.1) is 17.8 Å². The van der Waals surface area contributed by atoms with Crippen LogP contribution in [0.3, 0.4) is 0 Å². The number of aliphatic hydroxyl groups excluding tert-OH is 2. The largest absolute Gasteiger partial charge is 0.508 e. The number of amides is 1. The summed E-state index contributed by atoms with van der Waals surface area (Å²) in [4.78, 5) is 52.3. The molecule has 10 heteroatoms. The maximum atomic E-state index is 13.8. The predicted molar refractivity (Wildman–Crippen MR) is 119 cm³/mol. The second-order valence-corrected chi connectivity index (χ2v) is 9.01. The van der Waals surface area contributed by atoms with Gasteiger partial charge in [0.05, 0.1) is 11.6 Å². The molecule has 0 radical (unpaired) electrons. The number of likely N-dealkylation sites (N-methyl/N-ethyl adjacent to an activating group) is 1. The molecule has 1 fully saturated rings. The molecule has 1 aromatic carbocycles. The number of carbonyl (C=O) groups excluding carboxylic acids is 4. The number of aromatic hydroxyl groups is 1. The standard InChI is InChI=1S/C24H24N2O8/c1-9-10-5-4-6-12(28)14(10)19(29)15-13(9)11(7-8-27)17-18(26(2)3)20(30)16(23(25)33)22(32)24(17,34)21(15)31/h4-6,8,11,13,17-18,28-29,32,34H,1,7H2,2-3H3,(H2,25,33)/t11-,13-,17-,18-,24-/m0/s1. The lowest BCUT2D eigenvalue weighted by Crippen LogP contribution is -2.68. The number of benzene rings is 1. The molecule has 0 spiro atoms. The normalized spacial score (nSPS) is 30.8. The summed E-state index contributed by atoms with van der Waals surface area (Å²) >= 11 is 0. The minimum atomic E-state index is -2.84. The van der Waals surface area contributed by atoms with Crippen molar-refractivity contribution >= 4 is 35.1 Å². The Balaban J connectivity index is 2.12. The molecule has 178 valence electrons. The van der Waals surface area contributed by atoms with Gasteiger partial charge >= 0.3 is 0 Å². The highest BCUT2D eigenvalue weighted by Gasteiger charge is 2.67. The SMILES string of the molecule is C=C1c2cccc(O)c2C(O)=C2C(=O)[C@]3(O)C(O)=C(C(N)=O)C(=O)[C@@H](N(C)C)[C@@H]3[C@@H](CC=O)[C@H]12. The van der Waals surface area contributed by atoms with E-state index in [9.17, 15) is 39.6 Å². The summed E-state index contributed by atoms with van der Waals surface area (Å²) < 4.78 is 0. The Kier molecular flexibility index (Phi) is 5.26. The van der Waals surface area contributed by atoms with E-state index in [0.29, 0.717) is 11.8 Å². The number of carbonyl (C=O) groups is 4. The number of rotatable bonds is 4. The first-order valence-corrected chi connectivity index (χ1v) is 10.5. The number of aliphatic hydroxyl groups is 3. The minimum absolute atomic E-state index is 0.0892. The van der Waals surface area contributed by atoms with Crippen LogP contribution in [-0.2, 0) is 19.2 Å². The average Bonchev–Trinajstić information content (AvgIpc) is 2.75. The molecule has 34 heavy (non-hydrogen) atoms. The maximum absolute atomic E-state index is 13.8. The summed E-state index contributed by atoms with van der Waals surface area (Å²) in [5.41, 5.74) is 1.69. The second kappa shape index (κ2) is 7.64. The first-order chi connectivity index (χ1) is 15.9. The summed E-state index contributed by atoms with van der Waals surface area (Å²) in [6, 6.07) is 3.08. The van der Waals surface area contributed by atoms with Gasteiger partial charge in [0.15, 0.2) is 11.4 Å². The molecule has 4 rings (SSSR count). The second-order valence-electron chi connectivity index (χ2n) is 9.01. The summed E-state index contributed by atoms with van der Waals surface area (Å²) in [6.45, 7) is 4.04. The van der Waals surface area contributed by atoms with Crippen LogP contribution in [0.4, 0.5) is 0 Å². The minimum Gasteiger partial charge on any atom is -0.508 e.